The van der Waals surface area contributed by atoms with Crippen molar-refractivity contribution in [2.75, 3.05) is 0 Å². The zero-order chi connectivity index (χ0) is 19.5. The topological polar surface area (TPSA) is 46.5 Å². The van der Waals surface area contributed by atoms with Crippen LogP contribution in [0.4, 0.5) is 0 Å². The van der Waals surface area contributed by atoms with E-state index in [0.717, 1.165) is 47.6 Å². The van der Waals surface area contributed by atoms with E-state index in [1.165, 1.54) is 5.56 Å². The molecule has 0 radical (unpaired) electrons. The minimum Gasteiger partial charge on any atom is -0.507 e. The van der Waals surface area contributed by atoms with Gasteiger partial charge in [0.1, 0.15) is 11.5 Å². The van der Waals surface area contributed by atoms with Crippen LogP contribution in [0.1, 0.15) is 66.1 Å². The molecule has 3 aromatic rings. The predicted molar refractivity (Wildman–Crippen MR) is 110 cm³/mol. The van der Waals surface area contributed by atoms with Gasteiger partial charge in [-0.05, 0) is 60.8 Å². The van der Waals surface area contributed by atoms with Gasteiger partial charge in [0.05, 0.1) is 5.56 Å². The molecule has 1 saturated carbocycles. The fraction of sp³-hybridized carbons (Fsp3) is 0.320. The summed E-state index contributed by atoms with van der Waals surface area (Å²) in [5.41, 5.74) is 3.72. The molecule has 1 N–H and O–H groups in total. The van der Waals surface area contributed by atoms with Crippen molar-refractivity contribution in [1.82, 2.24) is 0 Å². The van der Waals surface area contributed by atoms with Crippen LogP contribution < -0.4 is 4.74 Å². The van der Waals surface area contributed by atoms with E-state index in [2.05, 4.69) is 19.9 Å². The van der Waals surface area contributed by atoms with E-state index in [9.17, 15) is 9.90 Å². The van der Waals surface area contributed by atoms with Crippen LogP contribution in [0, 0.1) is 0 Å². The lowest BCUT2D eigenvalue weighted by atomic mass is 9.78. The van der Waals surface area contributed by atoms with E-state index in [0.29, 0.717) is 23.0 Å². The third-order valence-corrected chi connectivity index (χ3v) is 6.70. The van der Waals surface area contributed by atoms with Gasteiger partial charge in [-0.2, -0.15) is 0 Å². The molecule has 0 saturated heterocycles. The summed E-state index contributed by atoms with van der Waals surface area (Å²) in [7, 11) is 0. The fourth-order valence-corrected chi connectivity index (χ4v) is 5.28. The van der Waals surface area contributed by atoms with E-state index < -0.39 is 0 Å². The first-order valence-corrected chi connectivity index (χ1v) is 10.1. The molecule has 2 bridgehead atoms. The van der Waals surface area contributed by atoms with Crippen LogP contribution in [-0.4, -0.2) is 11.1 Å². The SMILES string of the molecule is CCc1ccc2c(O)c3c(c(OC(=O)c4ccccc4)c2c1)C1CCC3(C)C1. The number of carbonyl (C=O) groups is 1. The second-order valence-corrected chi connectivity index (χ2v) is 8.46. The Balaban J connectivity index is 1.76. The summed E-state index contributed by atoms with van der Waals surface area (Å²) in [5.74, 6) is 1.03. The Morgan fingerprint density at radius 3 is 2.71 bits per heavy atom. The number of carbonyl (C=O) groups excluding carboxylic acids is 1. The largest absolute Gasteiger partial charge is 0.507 e. The quantitative estimate of drug-likeness (QED) is 0.462. The van der Waals surface area contributed by atoms with Gasteiger partial charge < -0.3 is 9.84 Å². The molecule has 1 fully saturated rings. The highest BCUT2D eigenvalue weighted by atomic mass is 16.5. The fourth-order valence-electron chi connectivity index (χ4n) is 5.28. The minimum absolute atomic E-state index is 0.0321. The highest BCUT2D eigenvalue weighted by Gasteiger charge is 2.50. The number of phenolic OH excluding ortho intramolecular Hbond substituents is 1. The van der Waals surface area contributed by atoms with Crippen molar-refractivity contribution < 1.29 is 14.6 Å². The van der Waals surface area contributed by atoms with E-state index >= 15 is 0 Å². The van der Waals surface area contributed by atoms with Crippen molar-refractivity contribution in [3.05, 3.63) is 70.8 Å². The molecule has 0 aliphatic heterocycles. The summed E-state index contributed by atoms with van der Waals surface area (Å²) in [4.78, 5) is 12.9. The Kier molecular flexibility index (Phi) is 3.77. The average Bonchev–Trinajstić information content (AvgIpc) is 3.25. The molecule has 2 atom stereocenters. The summed E-state index contributed by atoms with van der Waals surface area (Å²) in [6.45, 7) is 4.33. The average molecular weight is 372 g/mol. The molecule has 3 heteroatoms. The molecule has 0 heterocycles. The summed E-state index contributed by atoms with van der Waals surface area (Å²) >= 11 is 0. The number of esters is 1. The van der Waals surface area contributed by atoms with Gasteiger partial charge in [-0.15, -0.1) is 0 Å². The lowest BCUT2D eigenvalue weighted by Crippen LogP contribution is -2.18. The lowest BCUT2D eigenvalue weighted by molar-refractivity contribution is 0.0735. The Morgan fingerprint density at radius 2 is 1.96 bits per heavy atom. The number of hydrogen-bond acceptors (Lipinski definition) is 3. The second kappa shape index (κ2) is 6.10. The van der Waals surface area contributed by atoms with Gasteiger partial charge in [0.15, 0.2) is 0 Å². The Morgan fingerprint density at radius 1 is 1.18 bits per heavy atom. The van der Waals surface area contributed by atoms with Crippen LogP contribution in [0.15, 0.2) is 48.5 Å². The molecule has 0 spiro atoms. The third-order valence-electron chi connectivity index (χ3n) is 6.70. The van der Waals surface area contributed by atoms with Gasteiger partial charge in [0.2, 0.25) is 0 Å². The van der Waals surface area contributed by atoms with Gasteiger partial charge in [0.25, 0.3) is 0 Å². The van der Waals surface area contributed by atoms with Gasteiger partial charge in [-0.3, -0.25) is 0 Å². The number of fused-ring (bicyclic) bond motifs is 6. The molecular weight excluding hydrogens is 348 g/mol. The molecule has 2 aliphatic carbocycles. The Labute approximate surface area is 165 Å². The zero-order valence-electron chi connectivity index (χ0n) is 16.3. The highest BCUT2D eigenvalue weighted by Crippen LogP contribution is 2.63. The number of phenols is 1. The summed E-state index contributed by atoms with van der Waals surface area (Å²) < 4.78 is 6.06. The van der Waals surface area contributed by atoms with Crippen LogP contribution >= 0.6 is 0 Å². The molecular formula is C25H24O3. The second-order valence-electron chi connectivity index (χ2n) is 8.46. The predicted octanol–water partition coefficient (Wildman–Crippen LogP) is 5.87. The van der Waals surface area contributed by atoms with Crippen molar-refractivity contribution in [3.63, 3.8) is 0 Å². The smallest absolute Gasteiger partial charge is 0.343 e. The molecule has 2 aliphatic rings. The number of rotatable bonds is 3. The maximum Gasteiger partial charge on any atom is 0.343 e. The number of aryl methyl sites for hydroxylation is 1. The summed E-state index contributed by atoms with van der Waals surface area (Å²) in [6, 6.07) is 15.2. The van der Waals surface area contributed by atoms with Crippen molar-refractivity contribution in [2.45, 2.75) is 50.9 Å². The first-order valence-electron chi connectivity index (χ1n) is 10.1. The molecule has 3 nitrogen and oxygen atoms in total. The molecule has 5 rings (SSSR count). The number of ether oxygens (including phenoxy) is 1. The van der Waals surface area contributed by atoms with E-state index in [1.807, 2.05) is 30.3 Å². The van der Waals surface area contributed by atoms with E-state index in [-0.39, 0.29) is 11.4 Å². The van der Waals surface area contributed by atoms with Crippen LogP contribution in [-0.2, 0) is 11.8 Å². The number of hydrogen-bond donors (Lipinski definition) is 1. The summed E-state index contributed by atoms with van der Waals surface area (Å²) in [6.07, 6.45) is 4.06. The van der Waals surface area contributed by atoms with Gasteiger partial charge in [-0.1, -0.05) is 44.2 Å². The first-order chi connectivity index (χ1) is 13.5. The molecule has 28 heavy (non-hydrogen) atoms. The standard InChI is InChI=1S/C25H24O3/c1-3-15-9-10-18-19(13-15)23(28-24(27)16-7-5-4-6-8-16)20-17-11-12-25(2,14-17)21(20)22(18)26/h4-10,13,17,26H,3,11-12,14H2,1-2H3. The van der Waals surface area contributed by atoms with Gasteiger partial charge in [0, 0.05) is 21.9 Å². The van der Waals surface area contributed by atoms with Crippen molar-refractivity contribution in [2.24, 2.45) is 0 Å². The summed E-state index contributed by atoms with van der Waals surface area (Å²) in [5, 5.41) is 12.8. The number of benzene rings is 3. The van der Waals surface area contributed by atoms with Crippen molar-refractivity contribution in [3.8, 4) is 11.5 Å². The lowest BCUT2D eigenvalue weighted by Gasteiger charge is -2.28. The molecule has 0 aromatic heterocycles. The Hall–Kier alpha value is -2.81. The van der Waals surface area contributed by atoms with Crippen LogP contribution in [0.25, 0.3) is 10.8 Å². The third kappa shape index (κ3) is 2.39. The highest BCUT2D eigenvalue weighted by molar-refractivity contribution is 6.00. The zero-order valence-corrected chi connectivity index (χ0v) is 16.3. The maximum absolute atomic E-state index is 12.9. The van der Waals surface area contributed by atoms with E-state index in [4.69, 9.17) is 4.74 Å². The van der Waals surface area contributed by atoms with Crippen LogP contribution in [0.3, 0.4) is 0 Å². The first kappa shape index (κ1) is 17.3. The maximum atomic E-state index is 12.9. The molecule has 3 aromatic carbocycles. The molecule has 2 unspecified atom stereocenters. The van der Waals surface area contributed by atoms with Gasteiger partial charge >= 0.3 is 5.97 Å². The molecule has 142 valence electrons. The monoisotopic (exact) mass is 372 g/mol. The van der Waals surface area contributed by atoms with Crippen LogP contribution in [0.2, 0.25) is 0 Å². The minimum atomic E-state index is -0.343. The normalized spacial score (nSPS) is 22.4. The molecule has 0 amide bonds. The van der Waals surface area contributed by atoms with Gasteiger partial charge in [-0.25, -0.2) is 4.79 Å². The van der Waals surface area contributed by atoms with Crippen LogP contribution in [0.5, 0.6) is 11.5 Å². The Bertz CT molecular complexity index is 1100. The van der Waals surface area contributed by atoms with Crippen molar-refractivity contribution >= 4 is 16.7 Å². The van der Waals surface area contributed by atoms with Crippen molar-refractivity contribution in [1.29, 1.82) is 0 Å². The van der Waals surface area contributed by atoms with E-state index in [1.54, 1.807) is 12.1 Å². The number of aromatic hydroxyl groups is 1.